The highest BCUT2D eigenvalue weighted by atomic mass is 16.6. The normalized spacial score (nSPS) is 12.5. The molecule has 3 aromatic carbocycles. The number of phenols is 2. The Kier molecular flexibility index (Phi) is 13.5. The van der Waals surface area contributed by atoms with Gasteiger partial charge in [-0.05, 0) is 62.9 Å². The number of hydrogen-bond donors (Lipinski definition) is 4. The van der Waals surface area contributed by atoms with Crippen LogP contribution in [0.3, 0.4) is 0 Å². The minimum atomic E-state index is -1.18. The second-order valence-electron chi connectivity index (χ2n) is 12.6. The average molecular weight is 632 g/mol. The van der Waals surface area contributed by atoms with E-state index >= 15 is 0 Å². The second-order valence-corrected chi connectivity index (χ2v) is 12.6. The molecule has 0 saturated carbocycles. The number of unbranched alkanes of at least 4 members (excludes halogenated alkanes) is 4. The first kappa shape index (κ1) is 35.9. The number of ether oxygens (including phenoxy) is 1. The minimum Gasteiger partial charge on any atom is -0.508 e. The average Bonchev–Trinajstić information content (AvgIpc) is 3.01. The zero-order valence-electron chi connectivity index (χ0n) is 27.7. The van der Waals surface area contributed by atoms with Gasteiger partial charge >= 0.3 is 6.09 Å². The Morgan fingerprint density at radius 3 is 2.17 bits per heavy atom. The molecule has 9 heteroatoms. The van der Waals surface area contributed by atoms with Gasteiger partial charge in [-0.1, -0.05) is 93.3 Å². The summed E-state index contributed by atoms with van der Waals surface area (Å²) in [5, 5.41) is 26.8. The molecular formula is C37H49N3O6. The molecule has 0 radical (unpaired) electrons. The van der Waals surface area contributed by atoms with Crippen molar-refractivity contribution in [3.05, 3.63) is 95.1 Å². The van der Waals surface area contributed by atoms with Crippen molar-refractivity contribution >= 4 is 17.9 Å². The standard InChI is InChI=1S/C37H49N3O6/c1-6-7-8-9-13-23-40(35(44)31(39-36(45)46-37(3,4)5)24-27-19-21-29(41)22-20-27)32(30-18-14-15-26(2)33(30)42)34(43)38-25-28-16-11-10-12-17-28/h10-12,14-22,31-32,41-42H,6-9,13,23-25H2,1-5H3,(H,38,43)(H,39,45). The van der Waals surface area contributed by atoms with Gasteiger partial charge in [-0.2, -0.15) is 0 Å². The quantitative estimate of drug-likeness (QED) is 0.138. The van der Waals surface area contributed by atoms with E-state index in [4.69, 9.17) is 4.74 Å². The summed E-state index contributed by atoms with van der Waals surface area (Å²) in [7, 11) is 0. The van der Waals surface area contributed by atoms with Crippen LogP contribution in [0.2, 0.25) is 0 Å². The first-order valence-electron chi connectivity index (χ1n) is 16.1. The van der Waals surface area contributed by atoms with Gasteiger partial charge in [0.15, 0.2) is 0 Å². The Balaban J connectivity index is 2.06. The van der Waals surface area contributed by atoms with Crippen LogP contribution in [0.5, 0.6) is 11.5 Å². The summed E-state index contributed by atoms with van der Waals surface area (Å²) in [5.74, 6) is -0.936. The lowest BCUT2D eigenvalue weighted by Crippen LogP contribution is -2.54. The van der Waals surface area contributed by atoms with Crippen LogP contribution in [0.25, 0.3) is 0 Å². The predicted molar refractivity (Wildman–Crippen MR) is 179 cm³/mol. The molecule has 9 nitrogen and oxygen atoms in total. The number of amides is 3. The molecule has 0 aromatic heterocycles. The fourth-order valence-corrected chi connectivity index (χ4v) is 5.20. The van der Waals surface area contributed by atoms with Crippen LogP contribution in [0.4, 0.5) is 4.79 Å². The number of alkyl carbamates (subject to hydrolysis) is 1. The number of hydrogen-bond acceptors (Lipinski definition) is 6. The Hall–Kier alpha value is -4.53. The number of carbonyl (C=O) groups is 3. The van der Waals surface area contributed by atoms with Crippen molar-refractivity contribution < 1.29 is 29.3 Å². The van der Waals surface area contributed by atoms with Gasteiger partial charge in [0.1, 0.15) is 29.2 Å². The van der Waals surface area contributed by atoms with Gasteiger partial charge < -0.3 is 30.5 Å². The molecule has 3 aromatic rings. The largest absolute Gasteiger partial charge is 0.508 e. The summed E-state index contributed by atoms with van der Waals surface area (Å²) in [6, 6.07) is 18.7. The molecule has 0 heterocycles. The van der Waals surface area contributed by atoms with E-state index in [0.717, 1.165) is 31.2 Å². The number of aromatic hydroxyl groups is 2. The highest BCUT2D eigenvalue weighted by molar-refractivity contribution is 5.92. The monoisotopic (exact) mass is 631 g/mol. The van der Waals surface area contributed by atoms with Crippen molar-refractivity contribution in [1.82, 2.24) is 15.5 Å². The topological polar surface area (TPSA) is 128 Å². The van der Waals surface area contributed by atoms with Crippen LogP contribution in [0, 0.1) is 6.92 Å². The second kappa shape index (κ2) is 17.2. The molecule has 0 spiro atoms. The van der Waals surface area contributed by atoms with E-state index in [1.165, 1.54) is 17.0 Å². The summed E-state index contributed by atoms with van der Waals surface area (Å²) >= 11 is 0. The van der Waals surface area contributed by atoms with Crippen LogP contribution in [0.15, 0.2) is 72.8 Å². The summed E-state index contributed by atoms with van der Waals surface area (Å²) in [4.78, 5) is 43.3. The number of carbonyl (C=O) groups excluding carboxylic acids is 3. The molecular weight excluding hydrogens is 582 g/mol. The maximum Gasteiger partial charge on any atom is 0.408 e. The molecule has 0 aliphatic heterocycles. The smallest absolute Gasteiger partial charge is 0.408 e. The van der Waals surface area contributed by atoms with Gasteiger partial charge in [0, 0.05) is 25.1 Å². The Morgan fingerprint density at radius 2 is 1.52 bits per heavy atom. The molecule has 0 aliphatic carbocycles. The number of nitrogens with zero attached hydrogens (tertiary/aromatic N) is 1. The third-order valence-electron chi connectivity index (χ3n) is 7.58. The Morgan fingerprint density at radius 1 is 0.848 bits per heavy atom. The predicted octanol–water partition coefficient (Wildman–Crippen LogP) is 6.70. The molecule has 4 N–H and O–H groups in total. The van der Waals surface area contributed by atoms with Crippen LogP contribution in [-0.2, 0) is 27.3 Å². The van der Waals surface area contributed by atoms with Crippen molar-refractivity contribution in [3.63, 3.8) is 0 Å². The SMILES string of the molecule is CCCCCCCN(C(=O)C(Cc1ccc(O)cc1)NC(=O)OC(C)(C)C)C(C(=O)NCc1ccccc1)c1cccc(C)c1O. The minimum absolute atomic E-state index is 0.0682. The molecule has 0 saturated heterocycles. The van der Waals surface area contributed by atoms with E-state index in [1.54, 1.807) is 58.0 Å². The van der Waals surface area contributed by atoms with E-state index < -0.39 is 35.6 Å². The van der Waals surface area contributed by atoms with Crippen LogP contribution >= 0.6 is 0 Å². The molecule has 46 heavy (non-hydrogen) atoms. The maximum absolute atomic E-state index is 14.7. The van der Waals surface area contributed by atoms with Crippen molar-refractivity contribution in [3.8, 4) is 11.5 Å². The van der Waals surface area contributed by atoms with E-state index in [-0.39, 0.29) is 31.0 Å². The van der Waals surface area contributed by atoms with Crippen LogP contribution < -0.4 is 10.6 Å². The molecule has 2 atom stereocenters. The lowest BCUT2D eigenvalue weighted by atomic mass is 9.97. The third-order valence-corrected chi connectivity index (χ3v) is 7.58. The summed E-state index contributed by atoms with van der Waals surface area (Å²) in [6.45, 7) is 9.53. The van der Waals surface area contributed by atoms with E-state index in [0.29, 0.717) is 23.1 Å². The van der Waals surface area contributed by atoms with E-state index in [2.05, 4.69) is 17.6 Å². The third kappa shape index (κ3) is 11.1. The summed E-state index contributed by atoms with van der Waals surface area (Å²) < 4.78 is 5.52. The van der Waals surface area contributed by atoms with Crippen molar-refractivity contribution in [1.29, 1.82) is 0 Å². The molecule has 3 rings (SSSR count). The number of phenolic OH excluding ortho intramolecular Hbond substituents is 2. The maximum atomic E-state index is 14.7. The van der Waals surface area contributed by atoms with Gasteiger partial charge in [-0.25, -0.2) is 4.79 Å². The van der Waals surface area contributed by atoms with E-state index in [9.17, 15) is 24.6 Å². The zero-order chi connectivity index (χ0) is 33.7. The highest BCUT2D eigenvalue weighted by Crippen LogP contribution is 2.33. The fraction of sp³-hybridized carbons (Fsp3) is 0.432. The van der Waals surface area contributed by atoms with Crippen molar-refractivity contribution in [2.24, 2.45) is 0 Å². The summed E-state index contributed by atoms with van der Waals surface area (Å²) in [5.41, 5.74) is 1.65. The Bertz CT molecular complexity index is 1420. The highest BCUT2D eigenvalue weighted by Gasteiger charge is 2.37. The van der Waals surface area contributed by atoms with E-state index in [1.807, 2.05) is 30.3 Å². The Labute approximate surface area is 273 Å². The lowest BCUT2D eigenvalue weighted by Gasteiger charge is -2.35. The number of para-hydroxylation sites is 1. The van der Waals surface area contributed by atoms with Gasteiger partial charge in [0.2, 0.25) is 11.8 Å². The first-order valence-corrected chi connectivity index (χ1v) is 16.1. The molecule has 2 unspecified atom stereocenters. The first-order chi connectivity index (χ1) is 21.9. The van der Waals surface area contributed by atoms with Crippen LogP contribution in [-0.4, -0.2) is 51.2 Å². The van der Waals surface area contributed by atoms with Crippen LogP contribution in [0.1, 0.15) is 88.1 Å². The lowest BCUT2D eigenvalue weighted by molar-refractivity contribution is -0.142. The number of rotatable bonds is 15. The molecule has 0 fully saturated rings. The number of aryl methyl sites for hydroxylation is 1. The zero-order valence-corrected chi connectivity index (χ0v) is 27.7. The molecule has 3 amide bonds. The molecule has 0 bridgehead atoms. The van der Waals surface area contributed by atoms with Gasteiger partial charge in [-0.15, -0.1) is 0 Å². The van der Waals surface area contributed by atoms with Gasteiger partial charge in [-0.3, -0.25) is 9.59 Å². The molecule has 248 valence electrons. The van der Waals surface area contributed by atoms with Gasteiger partial charge in [0.25, 0.3) is 0 Å². The number of benzene rings is 3. The van der Waals surface area contributed by atoms with Gasteiger partial charge in [0.05, 0.1) is 0 Å². The number of nitrogens with one attached hydrogen (secondary N) is 2. The fourth-order valence-electron chi connectivity index (χ4n) is 5.20. The van der Waals surface area contributed by atoms with Crippen molar-refractivity contribution in [2.75, 3.05) is 6.54 Å². The van der Waals surface area contributed by atoms with Crippen molar-refractivity contribution in [2.45, 2.75) is 97.4 Å². The molecule has 0 aliphatic rings. The summed E-state index contributed by atoms with van der Waals surface area (Å²) in [6.07, 6.45) is 3.87.